The molecule has 1 aromatic carbocycles. The lowest BCUT2D eigenvalue weighted by molar-refractivity contribution is -0.172. The Morgan fingerprint density at radius 1 is 1.07 bits per heavy atom. The molecule has 0 unspecified atom stereocenters. The molecule has 1 aromatic rings. The molecule has 0 spiro atoms. The SMILES string of the molecule is CCOC(=O)[C@@H]1C(=O)C[C@](C)(O)[C@H](C(=O)OCC)[C@H]1c1ccc(C(C)(C)C)cc1. The molecule has 160 valence electrons. The normalized spacial score (nSPS) is 27.4. The lowest BCUT2D eigenvalue weighted by atomic mass is 9.61. The van der Waals surface area contributed by atoms with E-state index in [1.807, 2.05) is 24.3 Å². The Bertz CT molecular complexity index is 757. The van der Waals surface area contributed by atoms with Gasteiger partial charge in [-0.25, -0.2) is 0 Å². The van der Waals surface area contributed by atoms with Crippen molar-refractivity contribution >= 4 is 17.7 Å². The Morgan fingerprint density at radius 3 is 2.07 bits per heavy atom. The number of ether oxygens (including phenoxy) is 2. The molecule has 0 amide bonds. The number of hydrogen-bond acceptors (Lipinski definition) is 6. The van der Waals surface area contributed by atoms with E-state index in [4.69, 9.17) is 9.47 Å². The maximum Gasteiger partial charge on any atom is 0.317 e. The second-order valence-corrected chi connectivity index (χ2v) is 8.86. The van der Waals surface area contributed by atoms with Crippen LogP contribution in [0.3, 0.4) is 0 Å². The molecule has 0 bridgehead atoms. The molecule has 0 aliphatic heterocycles. The van der Waals surface area contributed by atoms with Gasteiger partial charge in [-0.2, -0.15) is 0 Å². The first-order chi connectivity index (χ1) is 13.4. The first kappa shape index (κ1) is 23.1. The summed E-state index contributed by atoms with van der Waals surface area (Å²) in [7, 11) is 0. The van der Waals surface area contributed by atoms with Crippen molar-refractivity contribution in [2.24, 2.45) is 11.8 Å². The summed E-state index contributed by atoms with van der Waals surface area (Å²) in [6.07, 6.45) is -0.309. The van der Waals surface area contributed by atoms with Gasteiger partial charge in [0.2, 0.25) is 0 Å². The van der Waals surface area contributed by atoms with Gasteiger partial charge >= 0.3 is 11.9 Å². The highest BCUT2D eigenvalue weighted by atomic mass is 16.5. The number of ketones is 1. The maximum absolute atomic E-state index is 12.8. The van der Waals surface area contributed by atoms with Crippen LogP contribution in [0, 0.1) is 11.8 Å². The van der Waals surface area contributed by atoms with Crippen LogP contribution in [0.25, 0.3) is 0 Å². The zero-order valence-corrected chi connectivity index (χ0v) is 18.2. The zero-order chi connectivity index (χ0) is 22.0. The quantitative estimate of drug-likeness (QED) is 0.599. The summed E-state index contributed by atoms with van der Waals surface area (Å²) in [4.78, 5) is 38.3. The third kappa shape index (κ3) is 4.86. The highest BCUT2D eigenvalue weighted by molar-refractivity contribution is 6.02. The molecule has 6 nitrogen and oxygen atoms in total. The molecule has 1 fully saturated rings. The molecule has 4 atom stereocenters. The predicted octanol–water partition coefficient (Wildman–Crippen LogP) is 3.15. The predicted molar refractivity (Wildman–Crippen MR) is 108 cm³/mol. The molecular weight excluding hydrogens is 372 g/mol. The molecule has 29 heavy (non-hydrogen) atoms. The van der Waals surface area contributed by atoms with Gasteiger partial charge in [0.25, 0.3) is 0 Å². The molecule has 1 N–H and O–H groups in total. The van der Waals surface area contributed by atoms with Crippen LogP contribution < -0.4 is 0 Å². The van der Waals surface area contributed by atoms with Gasteiger partial charge in [-0.1, -0.05) is 45.0 Å². The van der Waals surface area contributed by atoms with Crippen molar-refractivity contribution in [1.29, 1.82) is 0 Å². The van der Waals surface area contributed by atoms with Gasteiger partial charge in [0.05, 0.1) is 24.7 Å². The molecule has 0 saturated heterocycles. The standard InChI is InChI=1S/C23H32O6/c1-7-28-20(25)18-16(24)13-23(6,27)19(21(26)29-8-2)17(18)14-9-11-15(12-10-14)22(3,4)5/h9-12,17-19,27H,7-8,13H2,1-6H3/t17-,18+,19-,23-/m0/s1. The number of carbonyl (C=O) groups is 3. The number of aliphatic hydroxyl groups is 1. The molecule has 1 saturated carbocycles. The molecule has 0 aromatic heterocycles. The summed E-state index contributed by atoms with van der Waals surface area (Å²) in [5, 5.41) is 11.0. The zero-order valence-electron chi connectivity index (χ0n) is 18.2. The topological polar surface area (TPSA) is 89.9 Å². The van der Waals surface area contributed by atoms with Crippen LogP contribution in [0.15, 0.2) is 24.3 Å². The van der Waals surface area contributed by atoms with Gasteiger partial charge in [-0.05, 0) is 37.3 Å². The van der Waals surface area contributed by atoms with E-state index in [1.54, 1.807) is 13.8 Å². The average Bonchev–Trinajstić information content (AvgIpc) is 2.59. The van der Waals surface area contributed by atoms with Crippen molar-refractivity contribution in [3.63, 3.8) is 0 Å². The minimum Gasteiger partial charge on any atom is -0.466 e. The van der Waals surface area contributed by atoms with Crippen LogP contribution in [-0.2, 0) is 29.3 Å². The molecule has 0 radical (unpaired) electrons. The van der Waals surface area contributed by atoms with E-state index in [0.29, 0.717) is 5.56 Å². The summed E-state index contributed by atoms with van der Waals surface area (Å²) in [5.41, 5.74) is 0.00523. The molecule has 1 aliphatic rings. The highest BCUT2D eigenvalue weighted by Crippen LogP contribution is 2.47. The minimum atomic E-state index is -1.63. The Hall–Kier alpha value is -2.21. The van der Waals surface area contributed by atoms with E-state index in [0.717, 1.165) is 5.56 Å². The molecule has 2 rings (SSSR count). The number of hydrogen-bond donors (Lipinski definition) is 1. The van der Waals surface area contributed by atoms with Gasteiger partial charge in [0.15, 0.2) is 5.78 Å². The molecule has 6 heteroatoms. The fraction of sp³-hybridized carbons (Fsp3) is 0.609. The minimum absolute atomic E-state index is 0.0759. The molecule has 0 heterocycles. The number of rotatable bonds is 5. The molecular formula is C23H32O6. The third-order valence-corrected chi connectivity index (χ3v) is 5.51. The number of Topliss-reactive ketones (excluding diaryl/α,β-unsaturated/α-hetero) is 1. The van der Waals surface area contributed by atoms with Crippen molar-refractivity contribution in [2.45, 2.75) is 64.9 Å². The van der Waals surface area contributed by atoms with Crippen molar-refractivity contribution in [3.05, 3.63) is 35.4 Å². The van der Waals surface area contributed by atoms with Crippen LogP contribution in [0.2, 0.25) is 0 Å². The Labute approximate surface area is 172 Å². The lowest BCUT2D eigenvalue weighted by Crippen LogP contribution is -2.55. The van der Waals surface area contributed by atoms with Gasteiger partial charge in [0, 0.05) is 12.3 Å². The van der Waals surface area contributed by atoms with Gasteiger partial charge in [0.1, 0.15) is 5.92 Å². The third-order valence-electron chi connectivity index (χ3n) is 5.51. The molecule has 1 aliphatic carbocycles. The van der Waals surface area contributed by atoms with Crippen LogP contribution in [0.1, 0.15) is 65.0 Å². The van der Waals surface area contributed by atoms with Gasteiger partial charge in [-0.3, -0.25) is 14.4 Å². The monoisotopic (exact) mass is 404 g/mol. The van der Waals surface area contributed by atoms with Crippen LogP contribution in [0.4, 0.5) is 0 Å². The Morgan fingerprint density at radius 2 is 1.59 bits per heavy atom. The Kier molecular flexibility index (Phi) is 6.89. The van der Waals surface area contributed by atoms with E-state index in [9.17, 15) is 19.5 Å². The van der Waals surface area contributed by atoms with Crippen molar-refractivity contribution in [1.82, 2.24) is 0 Å². The fourth-order valence-electron chi connectivity index (χ4n) is 4.09. The van der Waals surface area contributed by atoms with Crippen LogP contribution in [-0.4, -0.2) is 41.6 Å². The van der Waals surface area contributed by atoms with E-state index in [2.05, 4.69) is 20.8 Å². The number of esters is 2. The van der Waals surface area contributed by atoms with E-state index < -0.39 is 41.1 Å². The van der Waals surface area contributed by atoms with Gasteiger partial charge < -0.3 is 14.6 Å². The van der Waals surface area contributed by atoms with Crippen molar-refractivity contribution in [2.75, 3.05) is 13.2 Å². The summed E-state index contributed by atoms with van der Waals surface area (Å²) in [6.45, 7) is 11.3. The van der Waals surface area contributed by atoms with Gasteiger partial charge in [-0.15, -0.1) is 0 Å². The Balaban J connectivity index is 2.61. The average molecular weight is 405 g/mol. The first-order valence-electron chi connectivity index (χ1n) is 10.1. The number of benzene rings is 1. The van der Waals surface area contributed by atoms with Crippen LogP contribution >= 0.6 is 0 Å². The second-order valence-electron chi connectivity index (χ2n) is 8.86. The first-order valence-corrected chi connectivity index (χ1v) is 10.1. The smallest absolute Gasteiger partial charge is 0.317 e. The summed E-state index contributed by atoms with van der Waals surface area (Å²) in [5.74, 6) is -4.81. The highest BCUT2D eigenvalue weighted by Gasteiger charge is 2.57. The summed E-state index contributed by atoms with van der Waals surface area (Å²) < 4.78 is 10.4. The van der Waals surface area contributed by atoms with E-state index in [-0.39, 0.29) is 25.0 Å². The van der Waals surface area contributed by atoms with E-state index in [1.165, 1.54) is 6.92 Å². The van der Waals surface area contributed by atoms with Crippen molar-refractivity contribution < 1.29 is 29.0 Å². The van der Waals surface area contributed by atoms with Crippen LogP contribution in [0.5, 0.6) is 0 Å². The summed E-state index contributed by atoms with van der Waals surface area (Å²) >= 11 is 0. The lowest BCUT2D eigenvalue weighted by Gasteiger charge is -2.43. The van der Waals surface area contributed by atoms with E-state index >= 15 is 0 Å². The van der Waals surface area contributed by atoms with Crippen molar-refractivity contribution in [3.8, 4) is 0 Å². The largest absolute Gasteiger partial charge is 0.466 e. The fourth-order valence-corrected chi connectivity index (χ4v) is 4.09. The summed E-state index contributed by atoms with van der Waals surface area (Å²) in [6, 6.07) is 7.48. The second kappa shape index (κ2) is 8.66. The number of carbonyl (C=O) groups excluding carboxylic acids is 3. The maximum atomic E-state index is 12.8.